The Morgan fingerprint density at radius 2 is 2.09 bits per heavy atom. The molecule has 1 N–H and O–H groups in total. The number of rotatable bonds is 1. The average molecular weight is 174 g/mol. The SMILES string of the molecule is CC1CCN(NC(=O)S)CC1. The standard InChI is InChI=1S/C7H14N2OS/c1-6-2-4-9(5-3-6)8-7(10)11/h6H,2-5H2,1H3,(H2,8,10,11). The van der Waals surface area contributed by atoms with Crippen molar-refractivity contribution < 1.29 is 4.79 Å². The summed E-state index contributed by atoms with van der Waals surface area (Å²) < 4.78 is 0. The molecular weight excluding hydrogens is 160 g/mol. The maximum atomic E-state index is 10.5. The lowest BCUT2D eigenvalue weighted by Crippen LogP contribution is -2.44. The largest absolute Gasteiger partial charge is 0.290 e. The van der Waals surface area contributed by atoms with E-state index in [4.69, 9.17) is 0 Å². The van der Waals surface area contributed by atoms with Gasteiger partial charge in [-0.15, -0.1) is 0 Å². The number of hydrogen-bond acceptors (Lipinski definition) is 2. The Bertz CT molecular complexity index is 143. The second-order valence-corrected chi connectivity index (χ2v) is 3.49. The average Bonchev–Trinajstić information content (AvgIpc) is 1.93. The molecule has 0 spiro atoms. The van der Waals surface area contributed by atoms with Crippen molar-refractivity contribution in [2.45, 2.75) is 19.8 Å². The van der Waals surface area contributed by atoms with Gasteiger partial charge in [-0.2, -0.15) is 0 Å². The van der Waals surface area contributed by atoms with Crippen LogP contribution < -0.4 is 5.43 Å². The third kappa shape index (κ3) is 3.12. The molecule has 64 valence electrons. The molecule has 3 nitrogen and oxygen atoms in total. The molecule has 1 rings (SSSR count). The topological polar surface area (TPSA) is 32.3 Å². The molecule has 0 radical (unpaired) electrons. The number of hydrazine groups is 1. The minimum atomic E-state index is -0.264. The zero-order valence-corrected chi connectivity index (χ0v) is 7.60. The Labute approximate surface area is 72.5 Å². The van der Waals surface area contributed by atoms with Crippen LogP contribution in [-0.4, -0.2) is 23.3 Å². The molecule has 1 fully saturated rings. The third-order valence-electron chi connectivity index (χ3n) is 2.04. The van der Waals surface area contributed by atoms with Crippen LogP contribution in [0.3, 0.4) is 0 Å². The van der Waals surface area contributed by atoms with Crippen LogP contribution in [0.1, 0.15) is 19.8 Å². The number of nitrogens with zero attached hydrogens (tertiary/aromatic N) is 1. The van der Waals surface area contributed by atoms with Crippen LogP contribution in [0.25, 0.3) is 0 Å². The highest BCUT2D eigenvalue weighted by Gasteiger charge is 2.15. The van der Waals surface area contributed by atoms with E-state index in [-0.39, 0.29) is 5.24 Å². The van der Waals surface area contributed by atoms with Gasteiger partial charge in [0.2, 0.25) is 0 Å². The first-order valence-electron chi connectivity index (χ1n) is 3.93. The number of amides is 1. The molecule has 0 bridgehead atoms. The molecule has 0 aliphatic carbocycles. The summed E-state index contributed by atoms with van der Waals surface area (Å²) in [6, 6.07) is 0. The first-order valence-corrected chi connectivity index (χ1v) is 4.37. The van der Waals surface area contributed by atoms with E-state index >= 15 is 0 Å². The van der Waals surface area contributed by atoms with Gasteiger partial charge in [0.25, 0.3) is 5.24 Å². The maximum Gasteiger partial charge on any atom is 0.290 e. The van der Waals surface area contributed by atoms with Gasteiger partial charge in [0.15, 0.2) is 0 Å². The van der Waals surface area contributed by atoms with E-state index in [0.717, 1.165) is 31.8 Å². The van der Waals surface area contributed by atoms with Gasteiger partial charge in [-0.1, -0.05) is 19.6 Å². The Morgan fingerprint density at radius 3 is 2.55 bits per heavy atom. The lowest BCUT2D eigenvalue weighted by molar-refractivity contribution is 0.145. The van der Waals surface area contributed by atoms with Crippen molar-refractivity contribution in [1.29, 1.82) is 0 Å². The van der Waals surface area contributed by atoms with Crippen molar-refractivity contribution in [3.8, 4) is 0 Å². The lowest BCUT2D eigenvalue weighted by atomic mass is 10.0. The monoisotopic (exact) mass is 174 g/mol. The molecule has 0 aromatic heterocycles. The maximum absolute atomic E-state index is 10.5. The number of piperidine rings is 1. The van der Waals surface area contributed by atoms with Gasteiger partial charge < -0.3 is 0 Å². The fourth-order valence-corrected chi connectivity index (χ4v) is 1.40. The number of thiol groups is 1. The molecule has 1 aliphatic rings. The fourth-order valence-electron chi connectivity index (χ4n) is 1.26. The van der Waals surface area contributed by atoms with E-state index in [9.17, 15) is 4.79 Å². The molecule has 4 heteroatoms. The normalized spacial score (nSPS) is 21.6. The summed E-state index contributed by atoms with van der Waals surface area (Å²) in [5, 5.41) is 1.66. The van der Waals surface area contributed by atoms with E-state index in [1.165, 1.54) is 0 Å². The summed E-state index contributed by atoms with van der Waals surface area (Å²) in [5.74, 6) is 0.795. The molecule has 0 aromatic rings. The van der Waals surface area contributed by atoms with Gasteiger partial charge in [-0.3, -0.25) is 10.2 Å². The summed E-state index contributed by atoms with van der Waals surface area (Å²) in [6.07, 6.45) is 2.32. The number of hydrogen-bond donors (Lipinski definition) is 2. The van der Waals surface area contributed by atoms with E-state index < -0.39 is 0 Å². The van der Waals surface area contributed by atoms with Gasteiger partial charge in [0.05, 0.1) is 0 Å². The summed E-state index contributed by atoms with van der Waals surface area (Å²) >= 11 is 3.64. The lowest BCUT2D eigenvalue weighted by Gasteiger charge is -2.29. The Hall–Kier alpha value is -0.220. The van der Waals surface area contributed by atoms with Crippen LogP contribution in [0.4, 0.5) is 4.79 Å². The molecule has 1 aliphatic heterocycles. The van der Waals surface area contributed by atoms with E-state index in [1.807, 2.05) is 5.01 Å². The third-order valence-corrected chi connectivity index (χ3v) is 2.14. The van der Waals surface area contributed by atoms with Gasteiger partial charge in [0.1, 0.15) is 0 Å². The van der Waals surface area contributed by atoms with Gasteiger partial charge >= 0.3 is 0 Å². The zero-order valence-electron chi connectivity index (χ0n) is 6.71. The van der Waals surface area contributed by atoms with Crippen LogP contribution in [0.5, 0.6) is 0 Å². The van der Waals surface area contributed by atoms with Crippen molar-refractivity contribution in [2.24, 2.45) is 5.92 Å². The highest BCUT2D eigenvalue weighted by molar-refractivity contribution is 7.96. The van der Waals surface area contributed by atoms with Gasteiger partial charge in [-0.05, 0) is 18.8 Å². The fraction of sp³-hybridized carbons (Fsp3) is 0.857. The Morgan fingerprint density at radius 1 is 1.55 bits per heavy atom. The summed E-state index contributed by atoms with van der Waals surface area (Å²) in [7, 11) is 0. The van der Waals surface area contributed by atoms with Crippen molar-refractivity contribution in [1.82, 2.24) is 10.4 Å². The predicted molar refractivity (Wildman–Crippen MR) is 47.5 cm³/mol. The molecule has 1 saturated heterocycles. The van der Waals surface area contributed by atoms with Crippen molar-refractivity contribution in [3.63, 3.8) is 0 Å². The number of carbonyl (C=O) groups excluding carboxylic acids is 1. The van der Waals surface area contributed by atoms with Crippen LogP contribution in [0.15, 0.2) is 0 Å². The summed E-state index contributed by atoms with van der Waals surface area (Å²) in [6.45, 7) is 4.14. The van der Waals surface area contributed by atoms with E-state index in [1.54, 1.807) is 0 Å². The molecule has 0 saturated carbocycles. The second kappa shape index (κ2) is 3.97. The van der Waals surface area contributed by atoms with E-state index in [0.29, 0.717) is 0 Å². The first kappa shape index (κ1) is 8.87. The molecule has 11 heavy (non-hydrogen) atoms. The molecule has 0 atom stereocenters. The first-order chi connectivity index (χ1) is 5.18. The minimum absolute atomic E-state index is 0.264. The number of nitrogens with one attached hydrogen (secondary N) is 1. The van der Waals surface area contributed by atoms with Crippen molar-refractivity contribution >= 4 is 17.9 Å². The summed E-state index contributed by atoms with van der Waals surface area (Å²) in [5.41, 5.74) is 2.66. The molecule has 1 amide bonds. The second-order valence-electron chi connectivity index (χ2n) is 3.09. The molecule has 1 heterocycles. The minimum Gasteiger partial charge on any atom is -0.280 e. The highest BCUT2D eigenvalue weighted by atomic mass is 32.1. The number of carbonyl (C=O) groups is 1. The van der Waals surface area contributed by atoms with Crippen LogP contribution >= 0.6 is 12.6 Å². The smallest absolute Gasteiger partial charge is 0.280 e. The van der Waals surface area contributed by atoms with Crippen molar-refractivity contribution in [3.05, 3.63) is 0 Å². The molecular formula is C7H14N2OS. The van der Waals surface area contributed by atoms with E-state index in [2.05, 4.69) is 25.0 Å². The van der Waals surface area contributed by atoms with Gasteiger partial charge in [0, 0.05) is 13.1 Å². The molecule has 0 unspecified atom stereocenters. The van der Waals surface area contributed by atoms with Crippen LogP contribution in [0, 0.1) is 5.92 Å². The summed E-state index contributed by atoms with van der Waals surface area (Å²) in [4.78, 5) is 10.5. The van der Waals surface area contributed by atoms with Crippen LogP contribution in [-0.2, 0) is 0 Å². The van der Waals surface area contributed by atoms with Gasteiger partial charge in [-0.25, -0.2) is 5.01 Å². The highest BCUT2D eigenvalue weighted by Crippen LogP contribution is 2.13. The zero-order chi connectivity index (χ0) is 8.27. The Kier molecular flexibility index (Phi) is 3.20. The van der Waals surface area contributed by atoms with Crippen molar-refractivity contribution in [2.75, 3.05) is 13.1 Å². The quantitative estimate of drug-likeness (QED) is 0.587. The Balaban J connectivity index is 2.22. The predicted octanol–water partition coefficient (Wildman–Crippen LogP) is 1.27. The van der Waals surface area contributed by atoms with Crippen LogP contribution in [0.2, 0.25) is 0 Å². The molecule has 0 aromatic carbocycles.